The van der Waals surface area contributed by atoms with Gasteiger partial charge in [-0.05, 0) is 75.2 Å². The fraction of sp³-hybridized carbons (Fsp3) is 0.417. The number of aromatic hydroxyl groups is 1. The third kappa shape index (κ3) is 11.4. The molecule has 0 amide bonds. The van der Waals surface area contributed by atoms with Crippen molar-refractivity contribution in [3.63, 3.8) is 0 Å². The summed E-state index contributed by atoms with van der Waals surface area (Å²) in [6.07, 6.45) is 0.132. The van der Waals surface area contributed by atoms with E-state index in [0.29, 0.717) is 21.5 Å². The lowest BCUT2D eigenvalue weighted by atomic mass is 10.1. The van der Waals surface area contributed by atoms with Crippen molar-refractivity contribution >= 4 is 27.9 Å². The van der Waals surface area contributed by atoms with Gasteiger partial charge in [0.2, 0.25) is 0 Å². The topological polar surface area (TPSA) is 82.1 Å². The van der Waals surface area contributed by atoms with Crippen LogP contribution in [0.5, 0.6) is 11.5 Å². The molecule has 0 saturated heterocycles. The maximum atomic E-state index is 11.2. The van der Waals surface area contributed by atoms with Gasteiger partial charge < -0.3 is 19.3 Å². The summed E-state index contributed by atoms with van der Waals surface area (Å²) in [7, 11) is 2.70. The van der Waals surface area contributed by atoms with Crippen LogP contribution in [0.3, 0.4) is 0 Å². The molecule has 0 aromatic heterocycles. The normalized spacial score (nSPS) is 9.77. The first-order valence-corrected chi connectivity index (χ1v) is 10.7. The Morgan fingerprint density at radius 3 is 1.61 bits per heavy atom. The predicted molar refractivity (Wildman–Crippen MR) is 127 cm³/mol. The maximum absolute atomic E-state index is 11.2. The van der Waals surface area contributed by atoms with E-state index in [1.54, 1.807) is 31.2 Å². The van der Waals surface area contributed by atoms with Crippen LogP contribution in [0.4, 0.5) is 0 Å². The van der Waals surface area contributed by atoms with Crippen LogP contribution in [-0.4, -0.2) is 42.2 Å². The minimum absolute atomic E-state index is 0.132. The van der Waals surface area contributed by atoms with Gasteiger partial charge in [-0.1, -0.05) is 29.8 Å². The van der Waals surface area contributed by atoms with Crippen LogP contribution < -0.4 is 4.74 Å². The minimum Gasteiger partial charge on any atom is -0.508 e. The van der Waals surface area contributed by atoms with Gasteiger partial charge in [0.05, 0.1) is 31.5 Å². The summed E-state index contributed by atoms with van der Waals surface area (Å²) in [4.78, 5) is 22.9. The lowest BCUT2D eigenvalue weighted by Gasteiger charge is -2.12. The summed E-state index contributed by atoms with van der Waals surface area (Å²) in [5.74, 6) is 0.271. The second-order valence-corrected chi connectivity index (χ2v) is 8.98. The van der Waals surface area contributed by atoms with Gasteiger partial charge >= 0.3 is 11.9 Å². The highest BCUT2D eigenvalue weighted by atomic mass is 79.9. The van der Waals surface area contributed by atoms with Gasteiger partial charge in [-0.3, -0.25) is 0 Å². The third-order valence-electron chi connectivity index (χ3n) is 3.58. The molecule has 0 heterocycles. The van der Waals surface area contributed by atoms with Gasteiger partial charge in [-0.2, -0.15) is 0 Å². The van der Waals surface area contributed by atoms with Crippen LogP contribution in [0.25, 0.3) is 0 Å². The lowest BCUT2D eigenvalue weighted by Crippen LogP contribution is -2.08. The first-order valence-electron chi connectivity index (χ1n) is 9.80. The Hall–Kier alpha value is -2.54. The van der Waals surface area contributed by atoms with Crippen molar-refractivity contribution in [3.8, 4) is 11.5 Å². The SMILES string of the molecule is CC(C)Br.COC(=O)c1ccc(O)c(C)c1.COC(=O)c1ccc(OC(C)C)c(C)c1. The molecular weight excluding hydrogens is 464 g/mol. The van der Waals surface area contributed by atoms with Crippen molar-refractivity contribution in [1.29, 1.82) is 0 Å². The molecule has 0 atom stereocenters. The van der Waals surface area contributed by atoms with Gasteiger partial charge in [0.15, 0.2) is 0 Å². The number of phenolic OH excluding ortho intramolecular Hbond substituents is 1. The number of aryl methyl sites for hydroxylation is 2. The summed E-state index contributed by atoms with van der Waals surface area (Å²) in [5, 5.41) is 9.15. The Kier molecular flexibility index (Phi) is 13.3. The molecule has 0 spiro atoms. The molecule has 1 N–H and O–H groups in total. The van der Waals surface area contributed by atoms with Gasteiger partial charge in [0, 0.05) is 4.83 Å². The summed E-state index contributed by atoms with van der Waals surface area (Å²) >= 11 is 3.27. The Morgan fingerprint density at radius 1 is 0.839 bits per heavy atom. The fourth-order valence-electron chi connectivity index (χ4n) is 2.18. The summed E-state index contributed by atoms with van der Waals surface area (Å²) < 4.78 is 14.7. The van der Waals surface area contributed by atoms with Gasteiger partial charge in [-0.15, -0.1) is 0 Å². The van der Waals surface area contributed by atoms with Crippen LogP contribution in [0.1, 0.15) is 59.5 Å². The van der Waals surface area contributed by atoms with E-state index >= 15 is 0 Å². The van der Waals surface area contributed by atoms with Crippen molar-refractivity contribution in [1.82, 2.24) is 0 Å². The number of hydrogen-bond acceptors (Lipinski definition) is 6. The number of carbonyl (C=O) groups is 2. The molecule has 2 aromatic rings. The smallest absolute Gasteiger partial charge is 0.337 e. The number of phenols is 1. The number of alkyl halides is 1. The van der Waals surface area contributed by atoms with Crippen molar-refractivity contribution in [2.75, 3.05) is 14.2 Å². The quantitative estimate of drug-likeness (QED) is 0.422. The Balaban J connectivity index is 0.000000504. The average molecular weight is 497 g/mol. The number of halogens is 1. The number of ether oxygens (including phenoxy) is 3. The second kappa shape index (κ2) is 14.5. The molecular formula is C24H33BrO6. The van der Waals surface area contributed by atoms with E-state index in [0.717, 1.165) is 11.3 Å². The molecule has 0 unspecified atom stereocenters. The van der Waals surface area contributed by atoms with E-state index in [1.807, 2.05) is 20.8 Å². The van der Waals surface area contributed by atoms with E-state index in [1.165, 1.54) is 26.4 Å². The van der Waals surface area contributed by atoms with Crippen molar-refractivity contribution in [3.05, 3.63) is 58.7 Å². The third-order valence-corrected chi connectivity index (χ3v) is 3.58. The molecule has 0 aliphatic carbocycles. The van der Waals surface area contributed by atoms with Crippen LogP contribution in [0, 0.1) is 13.8 Å². The van der Waals surface area contributed by atoms with E-state index in [9.17, 15) is 9.59 Å². The highest BCUT2D eigenvalue weighted by Gasteiger charge is 2.09. The van der Waals surface area contributed by atoms with E-state index < -0.39 is 5.97 Å². The number of carbonyl (C=O) groups excluding carboxylic acids is 2. The maximum Gasteiger partial charge on any atom is 0.337 e. The highest BCUT2D eigenvalue weighted by molar-refractivity contribution is 9.09. The second-order valence-electron chi connectivity index (χ2n) is 7.15. The molecule has 6 nitrogen and oxygen atoms in total. The Morgan fingerprint density at radius 2 is 1.26 bits per heavy atom. The average Bonchev–Trinajstić information content (AvgIpc) is 2.70. The van der Waals surface area contributed by atoms with Crippen molar-refractivity contribution in [2.24, 2.45) is 0 Å². The van der Waals surface area contributed by atoms with Crippen LogP contribution >= 0.6 is 15.9 Å². The molecule has 0 aliphatic heterocycles. The van der Waals surface area contributed by atoms with Crippen LogP contribution in [0.2, 0.25) is 0 Å². The Labute approximate surface area is 193 Å². The van der Waals surface area contributed by atoms with Gasteiger partial charge in [-0.25, -0.2) is 9.59 Å². The zero-order chi connectivity index (χ0) is 24.1. The summed E-state index contributed by atoms with van der Waals surface area (Å²) in [6.45, 7) is 11.7. The molecule has 0 aliphatic rings. The van der Waals surface area contributed by atoms with E-state index in [-0.39, 0.29) is 17.8 Å². The molecule has 7 heteroatoms. The number of hydrogen-bond donors (Lipinski definition) is 1. The fourth-order valence-corrected chi connectivity index (χ4v) is 2.18. The van der Waals surface area contributed by atoms with E-state index in [4.69, 9.17) is 9.84 Å². The minimum atomic E-state index is -0.391. The zero-order valence-corrected chi connectivity index (χ0v) is 21.1. The number of methoxy groups -OCH3 is 2. The van der Waals surface area contributed by atoms with Crippen molar-refractivity contribution < 1.29 is 28.9 Å². The van der Waals surface area contributed by atoms with Crippen LogP contribution in [0.15, 0.2) is 36.4 Å². The monoisotopic (exact) mass is 496 g/mol. The van der Waals surface area contributed by atoms with Crippen LogP contribution in [-0.2, 0) is 9.47 Å². The van der Waals surface area contributed by atoms with Gasteiger partial charge in [0.25, 0.3) is 0 Å². The molecule has 0 saturated carbocycles. The molecule has 172 valence electrons. The number of rotatable bonds is 4. The summed E-state index contributed by atoms with van der Waals surface area (Å²) in [6, 6.07) is 9.85. The largest absolute Gasteiger partial charge is 0.508 e. The van der Waals surface area contributed by atoms with Crippen molar-refractivity contribution in [2.45, 2.75) is 52.5 Å². The standard InChI is InChI=1S/C12H16O3.C9H10O3.C3H7Br/c1-8(2)15-11-6-5-10(7-9(11)3)12(13)14-4;1-6-5-7(9(11)12-2)3-4-8(6)10;1-3(2)4/h5-8H,1-4H3;3-5,10H,1-2H3;3H,1-2H3. The predicted octanol–water partition coefficient (Wildman–Crippen LogP) is 5.85. The first-order chi connectivity index (χ1) is 14.4. The summed E-state index contributed by atoms with van der Waals surface area (Å²) in [5.41, 5.74) is 2.60. The molecule has 0 fully saturated rings. The zero-order valence-electron chi connectivity index (χ0n) is 19.5. The molecule has 0 bridgehead atoms. The van der Waals surface area contributed by atoms with E-state index in [2.05, 4.69) is 39.3 Å². The molecule has 2 aromatic carbocycles. The molecule has 0 radical (unpaired) electrons. The molecule has 2 rings (SSSR count). The Bertz CT molecular complexity index is 843. The lowest BCUT2D eigenvalue weighted by molar-refractivity contribution is 0.0591. The number of benzene rings is 2. The number of esters is 2. The molecule has 31 heavy (non-hydrogen) atoms. The highest BCUT2D eigenvalue weighted by Crippen LogP contribution is 2.20. The first kappa shape index (κ1) is 28.5. The van der Waals surface area contributed by atoms with Gasteiger partial charge in [0.1, 0.15) is 11.5 Å².